The number of hydrogen-bond donors (Lipinski definition) is 0. The second-order valence-corrected chi connectivity index (χ2v) is 16.6. The van der Waals surface area contributed by atoms with Crippen LogP contribution in [-0.2, 0) is 4.52 Å². The lowest BCUT2D eigenvalue weighted by Gasteiger charge is -2.20. The van der Waals surface area contributed by atoms with Crippen molar-refractivity contribution in [2.75, 3.05) is 0 Å². The second-order valence-electron chi connectivity index (χ2n) is 3.47. The number of benzene rings is 1. The molecule has 2 rings (SSSR count). The van der Waals surface area contributed by atoms with Gasteiger partial charge >= 0.3 is 6.78 Å². The molecule has 12 heteroatoms. The van der Waals surface area contributed by atoms with E-state index in [1.807, 2.05) is 30.3 Å². The van der Waals surface area contributed by atoms with Crippen molar-refractivity contribution in [2.24, 2.45) is 13.5 Å². The normalized spacial score (nSPS) is 27.2. The van der Waals surface area contributed by atoms with Gasteiger partial charge in [-0.2, -0.15) is 13.5 Å². The first kappa shape index (κ1) is 17.3. The van der Waals surface area contributed by atoms with Crippen LogP contribution in [-0.4, -0.2) is 0 Å². The molecule has 20 heavy (non-hydrogen) atoms. The van der Waals surface area contributed by atoms with Gasteiger partial charge < -0.3 is 4.52 Å². The van der Waals surface area contributed by atoms with E-state index >= 15 is 0 Å². The number of halogens is 5. The van der Waals surface area contributed by atoms with E-state index in [1.165, 1.54) is 6.26 Å². The maximum absolute atomic E-state index is 6.17. The fourth-order valence-corrected chi connectivity index (χ4v) is 17.6. The van der Waals surface area contributed by atoms with Crippen molar-refractivity contribution in [2.45, 2.75) is 0 Å². The highest BCUT2D eigenvalue weighted by Gasteiger charge is 2.33. The van der Waals surface area contributed by atoms with E-state index in [0.29, 0.717) is 0 Å². The third kappa shape index (κ3) is 5.27. The fourth-order valence-electron chi connectivity index (χ4n) is 1.24. The topological polar surface area (TPSA) is 46.3 Å². The summed E-state index contributed by atoms with van der Waals surface area (Å²) in [5, 5.41) is 0. The van der Waals surface area contributed by atoms with Crippen LogP contribution in [0.4, 0.5) is 0 Å². The van der Waals surface area contributed by atoms with Crippen molar-refractivity contribution in [3.63, 3.8) is 0 Å². The van der Waals surface area contributed by atoms with E-state index in [-0.39, 0.29) is 0 Å². The molecule has 0 radical (unpaired) electrons. The SMILES string of the molecule is ClP1(Cl)=NP(Cl)(Cl)=NP(Cl)(O/C=C/c2ccccc2)=N1. The Hall–Kier alpha value is 0.900. The van der Waals surface area contributed by atoms with Crippen LogP contribution in [0.1, 0.15) is 5.56 Å². The zero-order valence-corrected chi connectivity index (χ0v) is 16.0. The molecule has 1 aromatic carbocycles. The molecule has 0 spiro atoms. The zero-order chi connectivity index (χ0) is 14.9. The van der Waals surface area contributed by atoms with Crippen LogP contribution < -0.4 is 0 Å². The lowest BCUT2D eigenvalue weighted by atomic mass is 10.2. The standard InChI is InChI=1S/C8H7Cl5N3OP3/c9-18(10)14-19(11,12)16-20(13,15-18)17-7-6-8-4-2-1-3-5-8/h1-7H/b7-6+. The van der Waals surface area contributed by atoms with Crippen LogP contribution in [0, 0.1) is 0 Å². The minimum absolute atomic E-state index is 0.924. The van der Waals surface area contributed by atoms with Gasteiger partial charge in [0.05, 0.1) is 6.26 Å². The van der Waals surface area contributed by atoms with E-state index in [0.717, 1.165) is 5.56 Å². The molecule has 0 bridgehead atoms. The zero-order valence-electron chi connectivity index (χ0n) is 9.52. The molecular weight excluding hydrogens is 424 g/mol. The van der Waals surface area contributed by atoms with E-state index in [4.69, 9.17) is 60.7 Å². The van der Waals surface area contributed by atoms with Crippen molar-refractivity contribution in [3.05, 3.63) is 42.2 Å². The molecule has 1 atom stereocenters. The smallest absolute Gasteiger partial charge is 0.350 e. The van der Waals surface area contributed by atoms with Crippen LogP contribution in [0.5, 0.6) is 0 Å². The Kier molecular flexibility index (Phi) is 5.67. The summed E-state index contributed by atoms with van der Waals surface area (Å²) in [6.07, 6.45) is 3.07. The lowest BCUT2D eigenvalue weighted by Crippen LogP contribution is -1.76. The Balaban J connectivity index is 2.26. The van der Waals surface area contributed by atoms with Crippen molar-refractivity contribution in [1.82, 2.24) is 0 Å². The van der Waals surface area contributed by atoms with Gasteiger partial charge in [-0.3, -0.25) is 0 Å². The maximum atomic E-state index is 6.17. The van der Waals surface area contributed by atoms with Crippen molar-refractivity contribution in [1.29, 1.82) is 0 Å². The summed E-state index contributed by atoms with van der Waals surface area (Å²) in [6, 6.07) is 9.47. The van der Waals surface area contributed by atoms with Crippen LogP contribution >= 0.6 is 74.8 Å². The Bertz CT molecular complexity index is 685. The third-order valence-corrected chi connectivity index (χ3v) is 13.8. The summed E-state index contributed by atoms with van der Waals surface area (Å²) >= 11 is 29.8. The van der Waals surface area contributed by atoms with Crippen molar-refractivity contribution < 1.29 is 4.52 Å². The van der Waals surface area contributed by atoms with Gasteiger partial charge in [-0.15, -0.1) is 0 Å². The number of rotatable bonds is 3. The highest BCUT2D eigenvalue weighted by molar-refractivity contribution is 8.22. The first-order valence-corrected chi connectivity index (χ1v) is 14.5. The van der Waals surface area contributed by atoms with Crippen LogP contribution in [0.25, 0.3) is 6.08 Å². The van der Waals surface area contributed by atoms with Gasteiger partial charge in [0.1, 0.15) is 0 Å². The average Bonchev–Trinajstić information content (AvgIpc) is 2.25. The quantitative estimate of drug-likeness (QED) is 0.349. The Morgan fingerprint density at radius 3 is 2.05 bits per heavy atom. The van der Waals surface area contributed by atoms with E-state index in [2.05, 4.69) is 13.5 Å². The van der Waals surface area contributed by atoms with Gasteiger partial charge in [0.15, 0.2) is 0 Å². The van der Waals surface area contributed by atoms with Crippen molar-refractivity contribution >= 4 is 80.9 Å². The molecule has 110 valence electrons. The molecule has 0 amide bonds. The summed E-state index contributed by atoms with van der Waals surface area (Å²) in [5.74, 6) is -6.09. The second kappa shape index (κ2) is 6.57. The van der Waals surface area contributed by atoms with Gasteiger partial charge in [-0.1, -0.05) is 30.3 Å². The molecule has 0 saturated carbocycles. The summed E-state index contributed by atoms with van der Waals surface area (Å²) < 4.78 is 17.1. The third-order valence-electron chi connectivity index (χ3n) is 1.91. The van der Waals surface area contributed by atoms with Crippen LogP contribution in [0.3, 0.4) is 0 Å². The molecule has 0 fully saturated rings. The van der Waals surface area contributed by atoms with Gasteiger partial charge in [0, 0.05) is 0 Å². The maximum Gasteiger partial charge on any atom is 0.350 e. The molecular formula is C8H7Cl5N3OP3. The van der Waals surface area contributed by atoms with E-state index in [1.54, 1.807) is 6.08 Å². The van der Waals surface area contributed by atoms with Gasteiger partial charge in [0.2, 0.25) is 0 Å². The van der Waals surface area contributed by atoms with E-state index < -0.39 is 18.6 Å². The molecule has 1 heterocycles. The predicted molar refractivity (Wildman–Crippen MR) is 93.9 cm³/mol. The predicted octanol–water partition coefficient (Wildman–Crippen LogP) is 8.72. The molecule has 0 saturated heterocycles. The molecule has 4 nitrogen and oxygen atoms in total. The fraction of sp³-hybridized carbons (Fsp3) is 0. The lowest BCUT2D eigenvalue weighted by molar-refractivity contribution is 0.544. The molecule has 1 unspecified atom stereocenters. The molecule has 1 aliphatic heterocycles. The van der Waals surface area contributed by atoms with Gasteiger partial charge in [-0.25, -0.2) is 0 Å². The monoisotopic (exact) mass is 429 g/mol. The van der Waals surface area contributed by atoms with Crippen LogP contribution in [0.2, 0.25) is 0 Å². The average molecular weight is 431 g/mol. The first-order valence-electron chi connectivity index (χ1n) is 5.00. The molecule has 0 aromatic heterocycles. The first-order chi connectivity index (χ1) is 9.20. The number of nitrogens with zero attached hydrogens (tertiary/aromatic N) is 3. The molecule has 1 aliphatic rings. The van der Waals surface area contributed by atoms with Crippen LogP contribution in [0.15, 0.2) is 50.1 Å². The molecule has 0 N–H and O–H groups in total. The highest BCUT2D eigenvalue weighted by atomic mass is 35.9. The Morgan fingerprint density at radius 1 is 0.850 bits per heavy atom. The van der Waals surface area contributed by atoms with Crippen molar-refractivity contribution in [3.8, 4) is 0 Å². The van der Waals surface area contributed by atoms with E-state index in [9.17, 15) is 0 Å². The van der Waals surface area contributed by atoms with Gasteiger partial charge in [0.25, 0.3) is 11.8 Å². The molecule has 1 aromatic rings. The molecule has 0 aliphatic carbocycles. The van der Waals surface area contributed by atoms with Gasteiger partial charge in [-0.05, 0) is 67.8 Å². The summed E-state index contributed by atoms with van der Waals surface area (Å²) in [6.45, 7) is -3.13. The summed E-state index contributed by atoms with van der Waals surface area (Å²) in [4.78, 5) is 0. The summed E-state index contributed by atoms with van der Waals surface area (Å²) in [7, 11) is 0. The number of hydrogen-bond acceptors (Lipinski definition) is 4. The Labute approximate surface area is 140 Å². The minimum Gasteiger partial charge on any atom is -0.439 e. The highest BCUT2D eigenvalue weighted by Crippen LogP contribution is 2.86. The minimum atomic E-state index is -3.13. The summed E-state index contributed by atoms with van der Waals surface area (Å²) in [5.41, 5.74) is 0.924. The Morgan fingerprint density at radius 2 is 1.45 bits per heavy atom. The largest absolute Gasteiger partial charge is 0.439 e.